The van der Waals surface area contributed by atoms with Crippen molar-refractivity contribution >= 4 is 61.6 Å². The van der Waals surface area contributed by atoms with Crippen LogP contribution in [0.25, 0.3) is 0 Å². The van der Waals surface area contributed by atoms with Crippen molar-refractivity contribution in [2.75, 3.05) is 139 Å². The molecule has 0 N–H and O–H groups in total. The van der Waals surface area contributed by atoms with E-state index in [0.29, 0.717) is 28.2 Å². The van der Waals surface area contributed by atoms with Gasteiger partial charge in [-0.1, -0.05) is 75.4 Å². The van der Waals surface area contributed by atoms with Crippen LogP contribution in [-0.2, 0) is 62.5 Å². The first-order valence-electron chi connectivity index (χ1n) is 41.4. The molecule has 0 bridgehead atoms. The first kappa shape index (κ1) is 121. The molecule has 0 aromatic heterocycles. The van der Waals surface area contributed by atoms with Gasteiger partial charge in [0.1, 0.15) is 17.1 Å². The van der Waals surface area contributed by atoms with E-state index in [1.54, 1.807) is 111 Å². The molecule has 0 heterocycles. The van der Waals surface area contributed by atoms with Crippen molar-refractivity contribution in [3.05, 3.63) is 95.6 Å². The van der Waals surface area contributed by atoms with Gasteiger partial charge in [-0.25, -0.2) is 4.67 Å². The number of methoxy groups -OCH3 is 2. The molecule has 3 aromatic carbocycles. The van der Waals surface area contributed by atoms with Gasteiger partial charge >= 0.3 is 103 Å². The summed E-state index contributed by atoms with van der Waals surface area (Å²) in [5.41, 5.74) is -1.30. The molecule has 24 nitrogen and oxygen atoms in total. The average molecular weight is 2000 g/mol. The molecule has 0 saturated carbocycles. The molecule has 762 valence electrons. The number of ether oxygens (including phenoxy) is 3. The Balaban J connectivity index is 0.00000570. The van der Waals surface area contributed by atoms with E-state index in [1.807, 2.05) is 6.07 Å². The molecule has 0 fully saturated rings. The van der Waals surface area contributed by atoms with Crippen LogP contribution < -0.4 is 9.47 Å². The van der Waals surface area contributed by atoms with Crippen LogP contribution in [0.2, 0.25) is 0 Å². The minimum absolute atomic E-state index is 0.0423. The number of rotatable bonds is 52. The number of Topliss-reactive ketones (excluding diaryl/α,β-unsaturated/α-hetero) is 1. The predicted octanol–water partition coefficient (Wildman–Crippen LogP) is 17.3. The maximum atomic E-state index is 14.1. The second-order valence-corrected chi connectivity index (χ2v) is 32.8. The average Bonchev–Trinajstić information content (AvgIpc) is 0.751. The van der Waals surface area contributed by atoms with Crippen LogP contribution in [0.4, 0.5) is 119 Å². The molecular weight excluding hydrogens is 1890 g/mol. The molecule has 3 rings (SSSR count). The highest BCUT2D eigenvalue weighted by Gasteiger charge is 2.51. The minimum Gasteiger partial charge on any atom is -0.497 e. The summed E-state index contributed by atoms with van der Waals surface area (Å²) in [5.74, 6) is -21.7. The van der Waals surface area contributed by atoms with E-state index in [9.17, 15) is 162 Å². The summed E-state index contributed by atoms with van der Waals surface area (Å²) in [5, 5.41) is 8.95. The fourth-order valence-corrected chi connectivity index (χ4v) is 14.9. The van der Waals surface area contributed by atoms with Crippen molar-refractivity contribution in [2.45, 2.75) is 205 Å². The fourth-order valence-electron chi connectivity index (χ4n) is 13.3. The molecule has 1 unspecified atom stereocenters. The van der Waals surface area contributed by atoms with E-state index in [1.165, 1.54) is 35.0 Å². The third-order valence-electron chi connectivity index (χ3n) is 19.4. The summed E-state index contributed by atoms with van der Waals surface area (Å²) < 4.78 is 400. The summed E-state index contributed by atoms with van der Waals surface area (Å²) in [4.78, 5) is 112. The molecule has 0 aliphatic heterocycles. The Kier molecular flexibility index (Phi) is 48.5. The highest BCUT2D eigenvalue weighted by Crippen LogP contribution is 2.47. The van der Waals surface area contributed by atoms with Gasteiger partial charge in [-0.05, 0) is 146 Å². The van der Waals surface area contributed by atoms with E-state index in [-0.39, 0.29) is 83.8 Å². The van der Waals surface area contributed by atoms with Crippen LogP contribution in [0, 0.1) is 16.7 Å². The number of hydrogen-bond donors (Lipinski definition) is 0. The number of hydrogen-bond acceptors (Lipinski definition) is 16. The maximum absolute atomic E-state index is 14.1. The van der Waals surface area contributed by atoms with Crippen LogP contribution in [0.1, 0.15) is 149 Å². The molecule has 8 amide bonds. The highest BCUT2D eigenvalue weighted by molar-refractivity contribution is 7.44. The van der Waals surface area contributed by atoms with E-state index >= 15 is 0 Å². The Morgan fingerprint density at radius 3 is 0.724 bits per heavy atom. The second kappa shape index (κ2) is 53.9. The van der Waals surface area contributed by atoms with Crippen molar-refractivity contribution in [1.29, 1.82) is 5.26 Å². The van der Waals surface area contributed by atoms with Gasteiger partial charge in [-0.3, -0.25) is 43.2 Å². The van der Waals surface area contributed by atoms with Crippen LogP contribution >= 0.6 is 8.53 Å². The smallest absolute Gasteiger partial charge is 0.471 e. The summed E-state index contributed by atoms with van der Waals surface area (Å²) in [6.07, 6.45) is -58.9. The number of ketones is 1. The molecule has 134 heavy (non-hydrogen) atoms. The van der Waals surface area contributed by atoms with E-state index in [0.717, 1.165) is 0 Å². The van der Waals surface area contributed by atoms with Gasteiger partial charge in [0.2, 0.25) is 5.78 Å². The van der Waals surface area contributed by atoms with Gasteiger partial charge in [0.25, 0.3) is 8.53 Å². The van der Waals surface area contributed by atoms with Gasteiger partial charge in [0, 0.05) is 122 Å². The Morgan fingerprint density at radius 2 is 0.522 bits per heavy atom. The van der Waals surface area contributed by atoms with Crippen molar-refractivity contribution in [3.63, 3.8) is 0 Å². The monoisotopic (exact) mass is 2000 g/mol. The molecule has 52 heteroatoms. The zero-order valence-corrected chi connectivity index (χ0v) is 75.0. The molecule has 0 spiro atoms. The molecule has 1 atom stereocenters. The number of nitrogens with zero attached hydrogens (tertiary/aromatic N) is 10. The summed E-state index contributed by atoms with van der Waals surface area (Å²) in [6, 6.07) is 23.1. The summed E-state index contributed by atoms with van der Waals surface area (Å²) in [6.45, 7) is -6.58. The largest absolute Gasteiger partial charge is 0.497 e. The van der Waals surface area contributed by atoms with Gasteiger partial charge in [0.05, 0.1) is 46.5 Å². The van der Waals surface area contributed by atoms with Crippen LogP contribution in [0.5, 0.6) is 11.5 Å². The number of carbonyl (C=O) groups is 9. The van der Waals surface area contributed by atoms with Gasteiger partial charge in [-0.2, -0.15) is 124 Å². The SMILES string of the molecule is CC(C)(C)C(=O)C(F)(F)F.COc1ccc(C(OCCCN(CCCN(CCCCN(CCCN(CCCCN(CCCN(CCCCN(CCCN(CCCOP(OCCC#N)N(C(C)C)C(C)C)C(=O)C(F)(F)F)C(=O)C(F)(F)F)C(=O)C(F)(F)F)C(=O)C(F)(F)F)C(=O)C(F)(F)F)C(=O)C(F)(F)F)C(=O)C(F)(F)F)C(=O)C(F)(F)F)(c2ccccc2)c2ccc(OC)cc2)cc1. The summed E-state index contributed by atoms with van der Waals surface area (Å²) in [7, 11) is 0.923. The predicted molar refractivity (Wildman–Crippen MR) is 426 cm³/mol. The lowest BCUT2D eigenvalue weighted by molar-refractivity contribution is -0.187. The minimum atomic E-state index is -5.79. The first-order valence-corrected chi connectivity index (χ1v) is 42.5. The van der Waals surface area contributed by atoms with Gasteiger partial charge in [0.15, 0.2) is 0 Å². The third kappa shape index (κ3) is 41.2. The number of amides is 8. The molecule has 0 saturated heterocycles. The van der Waals surface area contributed by atoms with E-state index in [4.69, 9.17) is 28.5 Å². The van der Waals surface area contributed by atoms with E-state index in [2.05, 4.69) is 0 Å². The lowest BCUT2D eigenvalue weighted by Gasteiger charge is -2.36. The standard InChI is InChI=1S/C76H97F24N10O13P.C6H9F3O/c1-53(2)110(54(3)4)124(122-51-16-33-101)123-52-22-49-109(67(118)76(98,99)100)47-20-45-107(65(116)74(92,93)94)39-15-13-37-105(63(114)72(86,87)88)43-18-41-103(61(112)70(80,81)82)35-11-10-34-102(60(111)69(77,78)79)40-17-42-104(62(113)71(83,84)85)36-12-14-38-106(64(115)73(89,90)91)44-19-46-108(66(117)75(95,96)97)48-21-50-121-68(55-23-8-7-9-24-55,56-25-29-58(119-5)30-26-56)57-27-31-59(120-6)32-28-57;1-5(2,3)4(10)6(7,8)9/h7-9,23-32,53-54H,10-22,34-52H2,1-6H3;1-3H3. The van der Waals surface area contributed by atoms with Crippen molar-refractivity contribution in [3.8, 4) is 17.6 Å². The normalized spacial score (nSPS) is 12.9. The quantitative estimate of drug-likeness (QED) is 0.0220. The van der Waals surface area contributed by atoms with Gasteiger partial charge < -0.3 is 62.5 Å². The second-order valence-electron chi connectivity index (χ2n) is 31.4. The number of halogens is 27. The van der Waals surface area contributed by atoms with Crippen molar-refractivity contribution < 1.29 is 185 Å². The maximum Gasteiger partial charge on any atom is 0.471 e. The van der Waals surface area contributed by atoms with Crippen LogP contribution in [0.3, 0.4) is 0 Å². The number of nitriles is 1. The van der Waals surface area contributed by atoms with Crippen molar-refractivity contribution in [2.24, 2.45) is 5.41 Å². The number of unbranched alkanes of at least 4 members (excludes halogenated alkanes) is 3. The Morgan fingerprint density at radius 1 is 0.306 bits per heavy atom. The molecular formula is C82H106F27N10O14P. The number of carbonyl (C=O) groups excluding carboxylic acids is 9. The number of alkyl halides is 27. The molecule has 3 aromatic rings. The number of benzene rings is 3. The zero-order chi connectivity index (χ0) is 103. The van der Waals surface area contributed by atoms with Crippen LogP contribution in [-0.4, -0.2) is 303 Å². The Hall–Kier alpha value is -9.44. The van der Waals surface area contributed by atoms with Crippen LogP contribution in [0.15, 0.2) is 78.9 Å². The molecule has 0 aliphatic rings. The van der Waals surface area contributed by atoms with E-state index < -0.39 is 304 Å². The Bertz CT molecular complexity index is 4090. The fraction of sp³-hybridized carbons (Fsp3) is 0.659. The Labute approximate surface area is 755 Å². The van der Waals surface area contributed by atoms with Crippen molar-refractivity contribution in [1.82, 2.24) is 43.9 Å². The topological polar surface area (TPSA) is 253 Å². The molecule has 0 radical (unpaired) electrons. The first-order chi connectivity index (χ1) is 61.6. The lowest BCUT2D eigenvalue weighted by Crippen LogP contribution is -2.46. The highest BCUT2D eigenvalue weighted by atomic mass is 31.2. The zero-order valence-electron chi connectivity index (χ0n) is 74.1. The van der Waals surface area contributed by atoms with Gasteiger partial charge in [-0.15, -0.1) is 0 Å². The lowest BCUT2D eigenvalue weighted by atomic mass is 9.80. The molecule has 0 aliphatic carbocycles. The third-order valence-corrected chi connectivity index (χ3v) is 21.5. The summed E-state index contributed by atoms with van der Waals surface area (Å²) >= 11 is 0.